The maximum Gasteiger partial charge on any atom is 0.123 e. The number of aliphatic hydroxyl groups excluding tert-OH is 3. The summed E-state index contributed by atoms with van der Waals surface area (Å²) >= 11 is 0. The highest BCUT2D eigenvalue weighted by Crippen LogP contribution is 2.50. The van der Waals surface area contributed by atoms with Crippen molar-refractivity contribution in [3.8, 4) is 5.75 Å². The summed E-state index contributed by atoms with van der Waals surface area (Å²) in [6.45, 7) is 4.29. The molecule has 1 saturated carbocycles. The Labute approximate surface area is 165 Å². The van der Waals surface area contributed by atoms with Crippen LogP contribution in [0.5, 0.6) is 5.75 Å². The van der Waals surface area contributed by atoms with Crippen molar-refractivity contribution in [2.75, 3.05) is 7.11 Å². The van der Waals surface area contributed by atoms with E-state index in [0.717, 1.165) is 22.4 Å². The quantitative estimate of drug-likeness (QED) is 0.758. The molecule has 5 nitrogen and oxygen atoms in total. The molecular formula is C23H28O5. The van der Waals surface area contributed by atoms with Gasteiger partial charge >= 0.3 is 0 Å². The van der Waals surface area contributed by atoms with Crippen molar-refractivity contribution in [3.05, 3.63) is 64.2 Å². The topological polar surface area (TPSA) is 79.2 Å². The normalized spacial score (nSPS) is 31.8. The Morgan fingerprint density at radius 1 is 1.11 bits per heavy atom. The highest BCUT2D eigenvalue weighted by molar-refractivity contribution is 5.49. The predicted molar refractivity (Wildman–Crippen MR) is 105 cm³/mol. The minimum Gasteiger partial charge on any atom is -0.496 e. The van der Waals surface area contributed by atoms with Gasteiger partial charge in [0.15, 0.2) is 0 Å². The average Bonchev–Trinajstić information content (AvgIpc) is 3.04. The Morgan fingerprint density at radius 3 is 2.50 bits per heavy atom. The molecule has 1 aliphatic heterocycles. The number of fused-ring (bicyclic) bond motifs is 2. The number of aliphatic hydroxyl groups is 3. The van der Waals surface area contributed by atoms with Crippen LogP contribution in [0.25, 0.3) is 0 Å². The zero-order valence-electron chi connectivity index (χ0n) is 16.6. The molecule has 5 atom stereocenters. The molecular weight excluding hydrogens is 356 g/mol. The Bertz CT molecular complexity index is 862. The second kappa shape index (κ2) is 7.16. The van der Waals surface area contributed by atoms with E-state index in [1.165, 1.54) is 11.1 Å². The molecule has 3 N–H and O–H groups in total. The maximum atomic E-state index is 10.8. The molecule has 0 amide bonds. The highest BCUT2D eigenvalue weighted by atomic mass is 16.5. The molecule has 2 aromatic carbocycles. The fourth-order valence-electron chi connectivity index (χ4n) is 4.65. The molecule has 4 rings (SSSR count). The molecule has 5 heteroatoms. The van der Waals surface area contributed by atoms with Crippen LogP contribution in [0, 0.1) is 12.8 Å². The van der Waals surface area contributed by atoms with E-state index < -0.39 is 23.9 Å². The number of rotatable bonds is 3. The van der Waals surface area contributed by atoms with Gasteiger partial charge < -0.3 is 24.8 Å². The van der Waals surface area contributed by atoms with E-state index in [4.69, 9.17) is 9.47 Å². The number of aryl methyl sites for hydroxylation is 1. The highest BCUT2D eigenvalue weighted by Gasteiger charge is 2.56. The monoisotopic (exact) mass is 384 g/mol. The molecule has 1 fully saturated rings. The first-order valence-electron chi connectivity index (χ1n) is 9.79. The molecule has 0 bridgehead atoms. The van der Waals surface area contributed by atoms with E-state index in [-0.39, 0.29) is 5.92 Å². The van der Waals surface area contributed by atoms with Crippen LogP contribution in [-0.2, 0) is 23.4 Å². The molecule has 0 unspecified atom stereocenters. The third-order valence-electron chi connectivity index (χ3n) is 6.32. The van der Waals surface area contributed by atoms with Gasteiger partial charge in [-0.15, -0.1) is 0 Å². The number of hydrogen-bond donors (Lipinski definition) is 3. The lowest BCUT2D eigenvalue weighted by molar-refractivity contribution is -0.222. The lowest BCUT2D eigenvalue weighted by atomic mass is 9.70. The summed E-state index contributed by atoms with van der Waals surface area (Å²) in [5.74, 6) is 0.603. The summed E-state index contributed by atoms with van der Waals surface area (Å²) in [6.07, 6.45) is -2.23. The first-order chi connectivity index (χ1) is 13.4. The van der Waals surface area contributed by atoms with Gasteiger partial charge in [-0.05, 0) is 53.6 Å². The van der Waals surface area contributed by atoms with Crippen molar-refractivity contribution in [3.63, 3.8) is 0 Å². The van der Waals surface area contributed by atoms with Gasteiger partial charge in [-0.2, -0.15) is 0 Å². The van der Waals surface area contributed by atoms with Gasteiger partial charge in [-0.3, -0.25) is 0 Å². The van der Waals surface area contributed by atoms with Gasteiger partial charge in [0.25, 0.3) is 0 Å². The van der Waals surface area contributed by atoms with Gasteiger partial charge in [-0.1, -0.05) is 36.8 Å². The molecule has 2 aliphatic rings. The summed E-state index contributed by atoms with van der Waals surface area (Å²) in [6, 6.07) is 12.4. The largest absolute Gasteiger partial charge is 0.496 e. The van der Waals surface area contributed by atoms with Crippen LogP contribution in [0.4, 0.5) is 0 Å². The Hall–Kier alpha value is -1.92. The summed E-state index contributed by atoms with van der Waals surface area (Å²) in [5.41, 5.74) is 4.24. The molecule has 0 radical (unpaired) electrons. The van der Waals surface area contributed by atoms with Gasteiger partial charge in [0.1, 0.15) is 23.6 Å². The zero-order valence-corrected chi connectivity index (χ0v) is 16.6. The van der Waals surface area contributed by atoms with E-state index in [0.29, 0.717) is 19.4 Å². The molecule has 1 spiro atoms. The van der Waals surface area contributed by atoms with Crippen LogP contribution in [0.2, 0.25) is 0 Å². The number of ether oxygens (including phenoxy) is 2. The summed E-state index contributed by atoms with van der Waals surface area (Å²) < 4.78 is 11.7. The van der Waals surface area contributed by atoms with E-state index in [9.17, 15) is 15.3 Å². The maximum absolute atomic E-state index is 10.8. The van der Waals surface area contributed by atoms with Crippen LogP contribution in [-0.4, -0.2) is 40.7 Å². The van der Waals surface area contributed by atoms with Crippen molar-refractivity contribution in [2.45, 2.75) is 57.2 Å². The second-order valence-corrected chi connectivity index (χ2v) is 8.27. The average molecular weight is 384 g/mol. The molecule has 0 aromatic heterocycles. The molecule has 0 saturated heterocycles. The lowest BCUT2D eigenvalue weighted by Crippen LogP contribution is -2.58. The Morgan fingerprint density at radius 2 is 1.82 bits per heavy atom. The van der Waals surface area contributed by atoms with Crippen LogP contribution >= 0.6 is 0 Å². The smallest absolute Gasteiger partial charge is 0.123 e. The van der Waals surface area contributed by atoms with Crippen molar-refractivity contribution >= 4 is 0 Å². The van der Waals surface area contributed by atoms with E-state index in [1.54, 1.807) is 7.11 Å². The Balaban J connectivity index is 1.76. The first-order valence-corrected chi connectivity index (χ1v) is 9.79. The summed E-state index contributed by atoms with van der Waals surface area (Å²) in [4.78, 5) is 0. The van der Waals surface area contributed by atoms with Gasteiger partial charge in [0.05, 0.1) is 19.8 Å². The van der Waals surface area contributed by atoms with E-state index in [2.05, 4.69) is 31.2 Å². The molecule has 2 aromatic rings. The van der Waals surface area contributed by atoms with Crippen LogP contribution < -0.4 is 4.74 Å². The second-order valence-electron chi connectivity index (χ2n) is 8.27. The standard InChI is InChI=1S/C23H28O5/c1-13-4-6-15(7-5-13)8-16-9-18-17(10-19(16)27-3)12-28-23(18)11-14(2)20(24)21(25)22(23)26/h4-7,9-10,14,20-22,24-26H,8,11-12H2,1-3H3/t14-,20+,21-,22+,23+/m0/s1. The molecule has 150 valence electrons. The first kappa shape index (κ1) is 19.4. The lowest BCUT2D eigenvalue weighted by Gasteiger charge is -2.46. The summed E-state index contributed by atoms with van der Waals surface area (Å²) in [5, 5.41) is 31.4. The van der Waals surface area contributed by atoms with Gasteiger partial charge in [0, 0.05) is 6.42 Å². The number of hydrogen-bond acceptors (Lipinski definition) is 5. The van der Waals surface area contributed by atoms with Crippen LogP contribution in [0.3, 0.4) is 0 Å². The summed E-state index contributed by atoms with van der Waals surface area (Å²) in [7, 11) is 1.66. The van der Waals surface area contributed by atoms with Crippen molar-refractivity contribution in [2.24, 2.45) is 5.92 Å². The minimum absolute atomic E-state index is 0.188. The zero-order chi connectivity index (χ0) is 20.1. The number of methoxy groups -OCH3 is 1. The fraction of sp³-hybridized carbons (Fsp3) is 0.478. The third kappa shape index (κ3) is 3.03. The molecule has 1 aliphatic carbocycles. The van der Waals surface area contributed by atoms with Crippen LogP contribution in [0.1, 0.15) is 41.2 Å². The minimum atomic E-state index is -1.24. The van der Waals surface area contributed by atoms with Gasteiger partial charge in [0.2, 0.25) is 0 Å². The Kier molecular flexibility index (Phi) is 4.96. The molecule has 28 heavy (non-hydrogen) atoms. The predicted octanol–water partition coefficient (Wildman–Crippen LogP) is 2.44. The number of benzene rings is 2. The van der Waals surface area contributed by atoms with Gasteiger partial charge in [-0.25, -0.2) is 0 Å². The fourth-order valence-corrected chi connectivity index (χ4v) is 4.65. The van der Waals surface area contributed by atoms with Crippen molar-refractivity contribution in [1.82, 2.24) is 0 Å². The van der Waals surface area contributed by atoms with E-state index >= 15 is 0 Å². The SMILES string of the molecule is COc1cc2c(cc1Cc1ccc(C)cc1)[C@@]1(C[C@H](C)[C@@H](O)[C@H](O)[C@H]1O)OC2. The molecule has 1 heterocycles. The van der Waals surface area contributed by atoms with Crippen molar-refractivity contribution < 1.29 is 24.8 Å². The third-order valence-corrected chi connectivity index (χ3v) is 6.32. The van der Waals surface area contributed by atoms with E-state index in [1.807, 2.05) is 19.1 Å². The van der Waals surface area contributed by atoms with Crippen LogP contribution in [0.15, 0.2) is 36.4 Å². The van der Waals surface area contributed by atoms with Crippen molar-refractivity contribution in [1.29, 1.82) is 0 Å².